The van der Waals surface area contributed by atoms with Gasteiger partial charge in [-0.05, 0) is 30.3 Å². The van der Waals surface area contributed by atoms with Crippen molar-refractivity contribution in [1.29, 1.82) is 0 Å². The van der Waals surface area contributed by atoms with Gasteiger partial charge in [-0.15, -0.1) is 0 Å². The molecule has 0 saturated heterocycles. The molecule has 0 atom stereocenters. The number of hydrogen-bond acceptors (Lipinski definition) is 1. The first-order chi connectivity index (χ1) is 13.3. The third kappa shape index (κ3) is 2.02. The third-order valence-electron chi connectivity index (χ3n) is 5.26. The maximum absolute atomic E-state index is 6.28. The van der Waals surface area contributed by atoms with Crippen molar-refractivity contribution in [2.75, 3.05) is 0 Å². The number of para-hydroxylation sites is 3. The van der Waals surface area contributed by atoms with E-state index < -0.39 is 0 Å². The van der Waals surface area contributed by atoms with Gasteiger partial charge in [0, 0.05) is 32.6 Å². The maximum Gasteiger partial charge on any atom is 0.159 e. The molecule has 0 bridgehead atoms. The first-order valence-electron chi connectivity index (χ1n) is 8.90. The number of hydrogen-bond donors (Lipinski definition) is 0. The molecule has 2 aromatic heterocycles. The van der Waals surface area contributed by atoms with Crippen LogP contribution in [0.4, 0.5) is 0 Å². The lowest BCUT2D eigenvalue weighted by molar-refractivity contribution is 0.666. The fourth-order valence-electron chi connectivity index (χ4n) is 4.12. The zero-order valence-electron chi connectivity index (χ0n) is 14.3. The molecule has 2 nitrogen and oxygen atoms in total. The van der Waals surface area contributed by atoms with E-state index in [-0.39, 0.29) is 0 Å². The first-order valence-corrected chi connectivity index (χ1v) is 9.28. The molecule has 4 aromatic carbocycles. The number of fused-ring (bicyclic) bond motifs is 6. The van der Waals surface area contributed by atoms with Crippen LogP contribution in [-0.4, -0.2) is 4.57 Å². The van der Waals surface area contributed by atoms with Gasteiger partial charge in [-0.25, -0.2) is 0 Å². The van der Waals surface area contributed by atoms with Crippen molar-refractivity contribution in [2.24, 2.45) is 0 Å². The molecule has 0 aliphatic rings. The fourth-order valence-corrected chi connectivity index (χ4v) is 4.28. The second kappa shape index (κ2) is 5.38. The van der Waals surface area contributed by atoms with E-state index >= 15 is 0 Å². The van der Waals surface area contributed by atoms with Gasteiger partial charge in [0.15, 0.2) is 5.58 Å². The van der Waals surface area contributed by atoms with Crippen LogP contribution in [-0.2, 0) is 0 Å². The van der Waals surface area contributed by atoms with Crippen molar-refractivity contribution in [1.82, 2.24) is 4.57 Å². The zero-order valence-corrected chi connectivity index (χ0v) is 15.1. The highest BCUT2D eigenvalue weighted by molar-refractivity contribution is 6.31. The quantitative estimate of drug-likeness (QED) is 0.297. The van der Waals surface area contributed by atoms with Crippen LogP contribution in [0.15, 0.2) is 89.3 Å². The van der Waals surface area contributed by atoms with Crippen LogP contribution in [0.2, 0.25) is 5.02 Å². The number of aromatic nitrogens is 1. The van der Waals surface area contributed by atoms with Gasteiger partial charge < -0.3 is 8.98 Å². The monoisotopic (exact) mass is 367 g/mol. The molecular formula is C24H14ClNO. The highest BCUT2D eigenvalue weighted by Crippen LogP contribution is 2.38. The van der Waals surface area contributed by atoms with Crippen LogP contribution in [0, 0.1) is 0 Å². The Bertz CT molecular complexity index is 1440. The van der Waals surface area contributed by atoms with Crippen LogP contribution in [0.1, 0.15) is 0 Å². The van der Waals surface area contributed by atoms with E-state index in [0.29, 0.717) is 5.02 Å². The van der Waals surface area contributed by atoms with Crippen LogP contribution in [0.25, 0.3) is 49.4 Å². The average Bonchev–Trinajstić information content (AvgIpc) is 3.23. The van der Waals surface area contributed by atoms with E-state index in [9.17, 15) is 0 Å². The minimum absolute atomic E-state index is 0.681. The molecule has 0 amide bonds. The van der Waals surface area contributed by atoms with Crippen LogP contribution in [0.5, 0.6) is 0 Å². The molecule has 0 spiro atoms. The number of furan rings is 1. The maximum atomic E-state index is 6.28. The summed E-state index contributed by atoms with van der Waals surface area (Å²) in [6, 6.07) is 29.1. The molecule has 0 fully saturated rings. The molecule has 0 saturated carbocycles. The molecule has 27 heavy (non-hydrogen) atoms. The second-order valence-corrected chi connectivity index (χ2v) is 7.20. The minimum atomic E-state index is 0.681. The topological polar surface area (TPSA) is 18.1 Å². The molecule has 3 heteroatoms. The van der Waals surface area contributed by atoms with Crippen molar-refractivity contribution in [3.8, 4) is 5.69 Å². The van der Waals surface area contributed by atoms with Gasteiger partial charge in [0.25, 0.3) is 0 Å². The lowest BCUT2D eigenvalue weighted by Crippen LogP contribution is -1.93. The van der Waals surface area contributed by atoms with Crippen LogP contribution in [0.3, 0.4) is 0 Å². The number of nitrogens with zero attached hydrogens (tertiary/aromatic N) is 1. The Balaban J connectivity index is 1.82. The predicted molar refractivity (Wildman–Crippen MR) is 113 cm³/mol. The second-order valence-electron chi connectivity index (χ2n) is 6.77. The molecule has 0 unspecified atom stereocenters. The normalized spacial score (nSPS) is 11.9. The largest absolute Gasteiger partial charge is 0.454 e. The van der Waals surface area contributed by atoms with Crippen LogP contribution >= 0.6 is 11.6 Å². The zero-order chi connectivity index (χ0) is 18.0. The Morgan fingerprint density at radius 1 is 0.630 bits per heavy atom. The van der Waals surface area contributed by atoms with Gasteiger partial charge >= 0.3 is 0 Å². The van der Waals surface area contributed by atoms with Gasteiger partial charge in [0.2, 0.25) is 0 Å². The molecule has 0 N–H and O–H groups in total. The number of benzene rings is 4. The summed E-state index contributed by atoms with van der Waals surface area (Å²) in [5.74, 6) is 0. The van der Waals surface area contributed by atoms with E-state index in [1.807, 2.05) is 18.2 Å². The summed E-state index contributed by atoms with van der Waals surface area (Å²) in [5, 5.41) is 5.34. The Hall–Kier alpha value is -3.23. The summed E-state index contributed by atoms with van der Waals surface area (Å²) >= 11 is 6.18. The average molecular weight is 368 g/mol. The van der Waals surface area contributed by atoms with Crippen molar-refractivity contribution in [3.63, 3.8) is 0 Å². The Morgan fingerprint density at radius 2 is 1.30 bits per heavy atom. The standard InChI is InChI=1S/C24H14ClNO/c25-15-12-13-18-19-8-5-11-22(24(19)27-23(18)14-15)26-20-9-3-1-6-16(20)17-7-2-4-10-21(17)26/h1-14H. The molecule has 0 aliphatic heterocycles. The molecule has 0 aliphatic carbocycles. The van der Waals surface area contributed by atoms with Crippen molar-refractivity contribution in [3.05, 3.63) is 90.0 Å². The molecule has 2 heterocycles. The highest BCUT2D eigenvalue weighted by atomic mass is 35.5. The van der Waals surface area contributed by atoms with Crippen molar-refractivity contribution in [2.45, 2.75) is 0 Å². The highest BCUT2D eigenvalue weighted by Gasteiger charge is 2.16. The Morgan fingerprint density at radius 3 is 2.04 bits per heavy atom. The summed E-state index contributed by atoms with van der Waals surface area (Å²) in [6.45, 7) is 0. The predicted octanol–water partition coefficient (Wildman–Crippen LogP) is 7.34. The molecule has 6 aromatic rings. The van der Waals surface area contributed by atoms with Gasteiger partial charge in [-0.3, -0.25) is 0 Å². The Kier molecular flexibility index (Phi) is 2.97. The van der Waals surface area contributed by atoms with Crippen LogP contribution < -0.4 is 0 Å². The van der Waals surface area contributed by atoms with E-state index in [1.165, 1.54) is 21.8 Å². The summed E-state index contributed by atoms with van der Waals surface area (Å²) in [4.78, 5) is 0. The summed E-state index contributed by atoms with van der Waals surface area (Å²) in [7, 11) is 0. The van der Waals surface area contributed by atoms with E-state index in [4.69, 9.17) is 16.0 Å². The first kappa shape index (κ1) is 14.9. The molecule has 6 rings (SSSR count). The van der Waals surface area contributed by atoms with E-state index in [1.54, 1.807) is 0 Å². The van der Waals surface area contributed by atoms with Gasteiger partial charge in [0.1, 0.15) is 5.58 Å². The summed E-state index contributed by atoms with van der Waals surface area (Å²) < 4.78 is 8.57. The summed E-state index contributed by atoms with van der Waals surface area (Å²) in [5.41, 5.74) is 5.07. The third-order valence-corrected chi connectivity index (χ3v) is 5.50. The smallest absolute Gasteiger partial charge is 0.159 e. The molecule has 0 radical (unpaired) electrons. The summed E-state index contributed by atoms with van der Waals surface area (Å²) in [6.07, 6.45) is 0. The molecular weight excluding hydrogens is 354 g/mol. The van der Waals surface area contributed by atoms with Gasteiger partial charge in [0.05, 0.1) is 16.7 Å². The van der Waals surface area contributed by atoms with Gasteiger partial charge in [-0.1, -0.05) is 60.1 Å². The number of rotatable bonds is 1. The van der Waals surface area contributed by atoms with E-state index in [2.05, 4.69) is 71.3 Å². The van der Waals surface area contributed by atoms with Crippen molar-refractivity contribution >= 4 is 55.3 Å². The fraction of sp³-hybridized carbons (Fsp3) is 0. The Labute approximate surface area is 160 Å². The number of halogens is 1. The lowest BCUT2D eigenvalue weighted by Gasteiger charge is -2.08. The minimum Gasteiger partial charge on any atom is -0.454 e. The van der Waals surface area contributed by atoms with Gasteiger partial charge in [-0.2, -0.15) is 0 Å². The SMILES string of the molecule is Clc1ccc2c(c1)oc1c(-n3c4ccccc4c4ccccc43)cccc12. The lowest BCUT2D eigenvalue weighted by atomic mass is 10.1. The van der Waals surface area contributed by atoms with E-state index in [0.717, 1.165) is 27.6 Å². The molecule has 128 valence electrons. The van der Waals surface area contributed by atoms with Crippen molar-refractivity contribution < 1.29 is 4.42 Å².